The van der Waals surface area contributed by atoms with E-state index in [-0.39, 0.29) is 0 Å². The van der Waals surface area contributed by atoms with Gasteiger partial charge in [-0.3, -0.25) is 0 Å². The number of hydrogen-bond donors (Lipinski definition) is 2. The summed E-state index contributed by atoms with van der Waals surface area (Å²) in [5.74, 6) is 0. The smallest absolute Gasteiger partial charge is 0.00684 e. The molecule has 2 N–H and O–H groups in total. The number of nitrogens with one attached hydrogen (secondary N) is 2. The summed E-state index contributed by atoms with van der Waals surface area (Å²) < 4.78 is 0. The fourth-order valence-electron chi connectivity index (χ4n) is 1.62. The zero-order valence-electron chi connectivity index (χ0n) is 7.32. The van der Waals surface area contributed by atoms with Crippen molar-refractivity contribution in [3.05, 3.63) is 0 Å². The summed E-state index contributed by atoms with van der Waals surface area (Å²) in [6.07, 6.45) is 5.67. The molecule has 0 unspecified atom stereocenters. The van der Waals surface area contributed by atoms with Gasteiger partial charge in [0.05, 0.1) is 0 Å². The Morgan fingerprint density at radius 3 is 2.45 bits per heavy atom. The minimum absolute atomic E-state index is 0.650. The van der Waals surface area contributed by atoms with Crippen molar-refractivity contribution in [3.8, 4) is 0 Å². The lowest BCUT2D eigenvalue weighted by Gasteiger charge is -2.14. The number of hydrogen-bond acceptors (Lipinski definition) is 2. The summed E-state index contributed by atoms with van der Waals surface area (Å²) >= 11 is 0. The molecule has 0 spiro atoms. The van der Waals surface area contributed by atoms with E-state index in [0.29, 0.717) is 5.41 Å². The van der Waals surface area contributed by atoms with E-state index < -0.39 is 0 Å². The molecule has 0 bridgehead atoms. The zero-order chi connectivity index (χ0) is 7.73. The van der Waals surface area contributed by atoms with Crippen molar-refractivity contribution in [1.29, 1.82) is 0 Å². The predicted octanol–water partition coefficient (Wildman–Crippen LogP) is 0.738. The van der Waals surface area contributed by atoms with Crippen molar-refractivity contribution in [2.24, 2.45) is 5.41 Å². The van der Waals surface area contributed by atoms with Gasteiger partial charge in [-0.2, -0.15) is 0 Å². The summed E-state index contributed by atoms with van der Waals surface area (Å²) in [6.45, 7) is 2.45. The molecule has 2 rings (SSSR count). The third-order valence-corrected chi connectivity index (χ3v) is 2.85. The molecule has 0 saturated heterocycles. The average molecular weight is 154 g/mol. The van der Waals surface area contributed by atoms with Crippen molar-refractivity contribution in [1.82, 2.24) is 10.6 Å². The Balaban J connectivity index is 1.66. The van der Waals surface area contributed by atoms with Crippen LogP contribution < -0.4 is 10.6 Å². The maximum Gasteiger partial charge on any atom is 0.00684 e. The van der Waals surface area contributed by atoms with Crippen LogP contribution in [0.5, 0.6) is 0 Å². The summed E-state index contributed by atoms with van der Waals surface area (Å²) in [5.41, 5.74) is 0.650. The van der Waals surface area contributed by atoms with Gasteiger partial charge in [0, 0.05) is 19.1 Å². The molecule has 0 atom stereocenters. The van der Waals surface area contributed by atoms with Crippen molar-refractivity contribution in [3.63, 3.8) is 0 Å². The molecule has 11 heavy (non-hydrogen) atoms. The van der Waals surface area contributed by atoms with Crippen LogP contribution in [0.1, 0.15) is 25.7 Å². The molecule has 2 saturated carbocycles. The molecule has 0 aromatic heterocycles. The van der Waals surface area contributed by atoms with E-state index in [9.17, 15) is 0 Å². The molecule has 0 aromatic carbocycles. The first-order chi connectivity index (χ1) is 5.35. The highest BCUT2D eigenvalue weighted by molar-refractivity contribution is 4.98. The Kier molecular flexibility index (Phi) is 1.90. The lowest BCUT2D eigenvalue weighted by atomic mass is 10.1. The van der Waals surface area contributed by atoms with Gasteiger partial charge in [0.25, 0.3) is 0 Å². The van der Waals surface area contributed by atoms with E-state index >= 15 is 0 Å². The molecule has 0 amide bonds. The summed E-state index contributed by atoms with van der Waals surface area (Å²) in [6, 6.07) is 0.879. The maximum absolute atomic E-state index is 3.60. The maximum atomic E-state index is 3.60. The van der Waals surface area contributed by atoms with Gasteiger partial charge in [-0.15, -0.1) is 0 Å². The average Bonchev–Trinajstić information content (AvgIpc) is 2.81. The Bertz CT molecular complexity index is 136. The molecule has 0 radical (unpaired) electrons. The van der Waals surface area contributed by atoms with Gasteiger partial charge < -0.3 is 10.6 Å². The van der Waals surface area contributed by atoms with Crippen molar-refractivity contribution >= 4 is 0 Å². The molecule has 0 aromatic rings. The molecule has 0 heterocycles. The largest absolute Gasteiger partial charge is 0.319 e. The van der Waals surface area contributed by atoms with Crippen LogP contribution >= 0.6 is 0 Å². The third kappa shape index (κ3) is 1.94. The third-order valence-electron chi connectivity index (χ3n) is 2.85. The SMILES string of the molecule is CNCC1(CNC2CC2)CC1. The summed E-state index contributed by atoms with van der Waals surface area (Å²) in [7, 11) is 2.05. The van der Waals surface area contributed by atoms with Gasteiger partial charge in [0.2, 0.25) is 0 Å². The Labute approximate surface area is 68.7 Å². The van der Waals surface area contributed by atoms with E-state index in [1.165, 1.54) is 38.8 Å². The van der Waals surface area contributed by atoms with Crippen molar-refractivity contribution < 1.29 is 0 Å². The highest BCUT2D eigenvalue weighted by atomic mass is 15.0. The van der Waals surface area contributed by atoms with Gasteiger partial charge in [-0.05, 0) is 38.1 Å². The molecular formula is C9H18N2. The monoisotopic (exact) mass is 154 g/mol. The lowest BCUT2D eigenvalue weighted by Crippen LogP contribution is -2.32. The van der Waals surface area contributed by atoms with Crippen LogP contribution in [0, 0.1) is 5.41 Å². The standard InChI is InChI=1S/C9H18N2/c1-10-6-9(4-5-9)7-11-8-2-3-8/h8,10-11H,2-7H2,1H3. The quantitative estimate of drug-likeness (QED) is 0.610. The molecule has 2 heteroatoms. The predicted molar refractivity (Wildman–Crippen MR) is 46.6 cm³/mol. The van der Waals surface area contributed by atoms with Crippen molar-refractivity contribution in [2.75, 3.05) is 20.1 Å². The normalized spacial score (nSPS) is 27.0. The lowest BCUT2D eigenvalue weighted by molar-refractivity contribution is 0.437. The van der Waals surface area contributed by atoms with Crippen LogP contribution in [0.2, 0.25) is 0 Å². The van der Waals surface area contributed by atoms with E-state index in [1.54, 1.807) is 0 Å². The molecule has 2 nitrogen and oxygen atoms in total. The van der Waals surface area contributed by atoms with Crippen molar-refractivity contribution in [2.45, 2.75) is 31.7 Å². The minimum atomic E-state index is 0.650. The highest BCUT2D eigenvalue weighted by Gasteiger charge is 2.42. The van der Waals surface area contributed by atoms with Gasteiger partial charge in [0.1, 0.15) is 0 Å². The first-order valence-corrected chi connectivity index (χ1v) is 4.73. The second kappa shape index (κ2) is 2.76. The van der Waals surface area contributed by atoms with E-state index in [4.69, 9.17) is 0 Å². The van der Waals surface area contributed by atoms with Gasteiger partial charge in [-0.25, -0.2) is 0 Å². The number of rotatable bonds is 5. The second-order valence-corrected chi connectivity index (χ2v) is 4.19. The molecule has 64 valence electrons. The first-order valence-electron chi connectivity index (χ1n) is 4.73. The Morgan fingerprint density at radius 1 is 1.27 bits per heavy atom. The van der Waals surface area contributed by atoms with E-state index in [0.717, 1.165) is 6.04 Å². The van der Waals surface area contributed by atoms with Crippen LogP contribution in [0.3, 0.4) is 0 Å². The molecule has 2 fully saturated rings. The second-order valence-electron chi connectivity index (χ2n) is 4.19. The molecular weight excluding hydrogens is 136 g/mol. The van der Waals surface area contributed by atoms with Crippen LogP contribution in [-0.2, 0) is 0 Å². The van der Waals surface area contributed by atoms with E-state index in [2.05, 4.69) is 17.7 Å². The molecule has 0 aliphatic heterocycles. The summed E-state index contributed by atoms with van der Waals surface area (Å²) in [5, 5.41) is 6.88. The highest BCUT2D eigenvalue weighted by Crippen LogP contribution is 2.44. The Hall–Kier alpha value is -0.0800. The van der Waals surface area contributed by atoms with E-state index in [1.807, 2.05) is 0 Å². The fraction of sp³-hybridized carbons (Fsp3) is 1.00. The molecule has 2 aliphatic rings. The van der Waals surface area contributed by atoms with Gasteiger partial charge in [-0.1, -0.05) is 0 Å². The Morgan fingerprint density at radius 2 is 2.00 bits per heavy atom. The van der Waals surface area contributed by atoms with Gasteiger partial charge in [0.15, 0.2) is 0 Å². The summed E-state index contributed by atoms with van der Waals surface area (Å²) in [4.78, 5) is 0. The minimum Gasteiger partial charge on any atom is -0.319 e. The molecule has 2 aliphatic carbocycles. The van der Waals surface area contributed by atoms with Crippen LogP contribution in [-0.4, -0.2) is 26.2 Å². The van der Waals surface area contributed by atoms with Crippen LogP contribution in [0.4, 0.5) is 0 Å². The van der Waals surface area contributed by atoms with Gasteiger partial charge >= 0.3 is 0 Å². The zero-order valence-corrected chi connectivity index (χ0v) is 7.32. The fourth-order valence-corrected chi connectivity index (χ4v) is 1.62. The van der Waals surface area contributed by atoms with Crippen LogP contribution in [0.15, 0.2) is 0 Å². The van der Waals surface area contributed by atoms with Crippen LogP contribution in [0.25, 0.3) is 0 Å². The topological polar surface area (TPSA) is 24.1 Å². The first kappa shape index (κ1) is 7.56.